The van der Waals surface area contributed by atoms with Gasteiger partial charge in [0.1, 0.15) is 0 Å². The number of hydrogen-bond donors (Lipinski definition) is 1. The Hall–Kier alpha value is -0.620. The fraction of sp³-hybridized carbons (Fsp3) is 0.900. The molecule has 2 rings (SSSR count). The number of likely N-dealkylation sites (N-methyl/N-ethyl adjacent to an activating group) is 1. The lowest BCUT2D eigenvalue weighted by atomic mass is 10.1. The SMILES string of the molecule is CNC1CCN(C(=O)C2CCS(=O)(=O)C2)C1. The van der Waals surface area contributed by atoms with Crippen LogP contribution in [0.25, 0.3) is 0 Å². The van der Waals surface area contributed by atoms with Crippen molar-refractivity contribution in [2.75, 3.05) is 31.6 Å². The number of nitrogens with zero attached hydrogens (tertiary/aromatic N) is 1. The van der Waals surface area contributed by atoms with Crippen molar-refractivity contribution >= 4 is 15.7 Å². The van der Waals surface area contributed by atoms with Gasteiger partial charge in [-0.3, -0.25) is 4.79 Å². The van der Waals surface area contributed by atoms with Crippen LogP contribution in [0.4, 0.5) is 0 Å². The third-order valence-corrected chi connectivity index (χ3v) is 5.26. The summed E-state index contributed by atoms with van der Waals surface area (Å²) in [6.45, 7) is 1.47. The van der Waals surface area contributed by atoms with Gasteiger partial charge in [0, 0.05) is 19.1 Å². The second-order valence-electron chi connectivity index (χ2n) is 4.66. The first-order chi connectivity index (χ1) is 7.52. The lowest BCUT2D eigenvalue weighted by molar-refractivity contribution is -0.133. The Kier molecular flexibility index (Phi) is 3.21. The summed E-state index contributed by atoms with van der Waals surface area (Å²) in [5.74, 6) is -0.0429. The highest BCUT2D eigenvalue weighted by atomic mass is 32.2. The molecule has 2 unspecified atom stereocenters. The Morgan fingerprint density at radius 1 is 1.38 bits per heavy atom. The number of carbonyl (C=O) groups is 1. The molecule has 0 spiro atoms. The van der Waals surface area contributed by atoms with Crippen molar-refractivity contribution in [1.82, 2.24) is 10.2 Å². The molecule has 2 heterocycles. The Bertz CT molecular complexity index is 380. The van der Waals surface area contributed by atoms with Gasteiger partial charge in [-0.15, -0.1) is 0 Å². The summed E-state index contributed by atoms with van der Waals surface area (Å²) >= 11 is 0. The smallest absolute Gasteiger partial charge is 0.226 e. The first kappa shape index (κ1) is 11.9. The van der Waals surface area contributed by atoms with E-state index in [9.17, 15) is 13.2 Å². The van der Waals surface area contributed by atoms with E-state index in [2.05, 4.69) is 5.32 Å². The number of likely N-dealkylation sites (tertiary alicyclic amines) is 1. The number of sulfone groups is 1. The maximum absolute atomic E-state index is 12.0. The van der Waals surface area contributed by atoms with Crippen molar-refractivity contribution in [2.24, 2.45) is 5.92 Å². The number of amides is 1. The quantitative estimate of drug-likeness (QED) is 0.695. The molecule has 92 valence electrons. The van der Waals surface area contributed by atoms with Crippen LogP contribution in [0.2, 0.25) is 0 Å². The van der Waals surface area contributed by atoms with Gasteiger partial charge in [-0.25, -0.2) is 8.42 Å². The van der Waals surface area contributed by atoms with Crippen molar-refractivity contribution in [3.63, 3.8) is 0 Å². The van der Waals surface area contributed by atoms with E-state index in [0.29, 0.717) is 19.0 Å². The van der Waals surface area contributed by atoms with E-state index >= 15 is 0 Å². The third kappa shape index (κ3) is 2.38. The summed E-state index contributed by atoms with van der Waals surface area (Å²) in [5.41, 5.74) is 0. The predicted octanol–water partition coefficient (Wildman–Crippen LogP) is -0.759. The van der Waals surface area contributed by atoms with Gasteiger partial charge in [-0.05, 0) is 19.9 Å². The zero-order valence-corrected chi connectivity index (χ0v) is 10.3. The molecule has 0 aromatic rings. The summed E-state index contributed by atoms with van der Waals surface area (Å²) < 4.78 is 22.6. The molecule has 2 aliphatic rings. The minimum Gasteiger partial charge on any atom is -0.341 e. The molecule has 5 nitrogen and oxygen atoms in total. The summed E-state index contributed by atoms with van der Waals surface area (Å²) in [4.78, 5) is 13.8. The van der Waals surface area contributed by atoms with E-state index in [0.717, 1.165) is 13.0 Å². The van der Waals surface area contributed by atoms with Gasteiger partial charge in [-0.1, -0.05) is 0 Å². The van der Waals surface area contributed by atoms with Crippen LogP contribution in [-0.4, -0.2) is 56.9 Å². The van der Waals surface area contributed by atoms with E-state index in [1.807, 2.05) is 7.05 Å². The average Bonchev–Trinajstić information content (AvgIpc) is 2.83. The largest absolute Gasteiger partial charge is 0.341 e. The maximum Gasteiger partial charge on any atom is 0.226 e. The molecule has 0 saturated carbocycles. The fourth-order valence-corrected chi connectivity index (χ4v) is 4.18. The molecular formula is C10H18N2O3S. The minimum atomic E-state index is -2.95. The van der Waals surface area contributed by atoms with Gasteiger partial charge in [0.2, 0.25) is 5.91 Å². The number of nitrogens with one attached hydrogen (secondary N) is 1. The van der Waals surface area contributed by atoms with Crippen molar-refractivity contribution in [3.8, 4) is 0 Å². The standard InChI is InChI=1S/C10H18N2O3S/c1-11-9-2-4-12(6-9)10(13)8-3-5-16(14,15)7-8/h8-9,11H,2-7H2,1H3. The summed E-state index contributed by atoms with van der Waals surface area (Å²) in [6, 6.07) is 0.363. The van der Waals surface area contributed by atoms with Gasteiger partial charge in [0.05, 0.1) is 17.4 Å². The number of rotatable bonds is 2. The van der Waals surface area contributed by atoms with E-state index < -0.39 is 9.84 Å². The van der Waals surface area contributed by atoms with Crippen LogP contribution >= 0.6 is 0 Å². The van der Waals surface area contributed by atoms with Crippen LogP contribution in [-0.2, 0) is 14.6 Å². The van der Waals surface area contributed by atoms with E-state index in [1.54, 1.807) is 4.90 Å². The van der Waals surface area contributed by atoms with Gasteiger partial charge in [-0.2, -0.15) is 0 Å². The fourth-order valence-electron chi connectivity index (χ4n) is 2.44. The highest BCUT2D eigenvalue weighted by molar-refractivity contribution is 7.91. The summed E-state index contributed by atoms with van der Waals surface area (Å²) in [5, 5.41) is 3.14. The molecule has 1 amide bonds. The van der Waals surface area contributed by atoms with Gasteiger partial charge in [0.25, 0.3) is 0 Å². The monoisotopic (exact) mass is 246 g/mol. The summed E-state index contributed by atoms with van der Waals surface area (Å²) in [7, 11) is -1.06. The third-order valence-electron chi connectivity index (χ3n) is 3.49. The van der Waals surface area contributed by atoms with Gasteiger partial charge in [0.15, 0.2) is 9.84 Å². The highest BCUT2D eigenvalue weighted by Gasteiger charge is 2.37. The van der Waals surface area contributed by atoms with Crippen molar-refractivity contribution in [3.05, 3.63) is 0 Å². The van der Waals surface area contributed by atoms with Crippen LogP contribution in [0.15, 0.2) is 0 Å². The average molecular weight is 246 g/mol. The molecule has 2 aliphatic heterocycles. The molecule has 6 heteroatoms. The maximum atomic E-state index is 12.0. The molecule has 16 heavy (non-hydrogen) atoms. The van der Waals surface area contributed by atoms with E-state index in [-0.39, 0.29) is 23.3 Å². The highest BCUT2D eigenvalue weighted by Crippen LogP contribution is 2.22. The van der Waals surface area contributed by atoms with E-state index in [1.165, 1.54) is 0 Å². The molecule has 1 N–H and O–H groups in total. The predicted molar refractivity (Wildman–Crippen MR) is 60.8 cm³/mol. The molecule has 0 aromatic carbocycles. The number of hydrogen-bond acceptors (Lipinski definition) is 4. The molecule has 0 aromatic heterocycles. The molecule has 0 aliphatic carbocycles. The lowest BCUT2D eigenvalue weighted by Crippen LogP contribution is -2.37. The van der Waals surface area contributed by atoms with E-state index in [4.69, 9.17) is 0 Å². The van der Waals surface area contributed by atoms with Crippen LogP contribution in [0.5, 0.6) is 0 Å². The first-order valence-corrected chi connectivity index (χ1v) is 7.50. The van der Waals surface area contributed by atoms with Crippen molar-refractivity contribution < 1.29 is 13.2 Å². The van der Waals surface area contributed by atoms with Crippen molar-refractivity contribution in [1.29, 1.82) is 0 Å². The second-order valence-corrected chi connectivity index (χ2v) is 6.89. The molecule has 2 fully saturated rings. The Morgan fingerprint density at radius 2 is 2.12 bits per heavy atom. The number of carbonyl (C=O) groups excluding carboxylic acids is 1. The Balaban J connectivity index is 1.94. The topological polar surface area (TPSA) is 66.5 Å². The normalized spacial score (nSPS) is 33.2. The molecule has 2 saturated heterocycles. The summed E-state index contributed by atoms with van der Waals surface area (Å²) in [6.07, 6.45) is 1.46. The van der Waals surface area contributed by atoms with Crippen LogP contribution in [0, 0.1) is 5.92 Å². The Morgan fingerprint density at radius 3 is 2.62 bits per heavy atom. The molecule has 0 bridgehead atoms. The lowest BCUT2D eigenvalue weighted by Gasteiger charge is -2.19. The molecular weight excluding hydrogens is 228 g/mol. The van der Waals surface area contributed by atoms with Crippen LogP contribution in [0.1, 0.15) is 12.8 Å². The van der Waals surface area contributed by atoms with Gasteiger partial charge < -0.3 is 10.2 Å². The zero-order valence-electron chi connectivity index (χ0n) is 9.48. The van der Waals surface area contributed by atoms with Crippen LogP contribution in [0.3, 0.4) is 0 Å². The van der Waals surface area contributed by atoms with Crippen molar-refractivity contribution in [2.45, 2.75) is 18.9 Å². The Labute approximate surface area is 96.1 Å². The van der Waals surface area contributed by atoms with Gasteiger partial charge >= 0.3 is 0 Å². The molecule has 2 atom stereocenters. The minimum absolute atomic E-state index is 0.0267. The molecule has 0 radical (unpaired) electrons. The second kappa shape index (κ2) is 4.33. The zero-order chi connectivity index (χ0) is 11.8. The first-order valence-electron chi connectivity index (χ1n) is 5.68. The van der Waals surface area contributed by atoms with Crippen LogP contribution < -0.4 is 5.32 Å².